The fourth-order valence-electron chi connectivity index (χ4n) is 4.20. The Morgan fingerprint density at radius 1 is 1.45 bits per heavy atom. The van der Waals surface area contributed by atoms with Crippen LogP contribution in [0, 0.1) is 5.41 Å². The molecule has 1 aliphatic carbocycles. The molecule has 20 heavy (non-hydrogen) atoms. The predicted molar refractivity (Wildman–Crippen MR) is 77.3 cm³/mol. The summed E-state index contributed by atoms with van der Waals surface area (Å²) in [6, 6.07) is 0.891. The maximum Gasteiger partial charge on any atom is 0.143 e. The van der Waals surface area contributed by atoms with E-state index in [1.54, 1.807) is 6.33 Å². The Kier molecular flexibility index (Phi) is 3.82. The third-order valence-corrected chi connectivity index (χ3v) is 5.61. The molecule has 5 heteroatoms. The van der Waals surface area contributed by atoms with E-state index >= 15 is 0 Å². The van der Waals surface area contributed by atoms with Crippen LogP contribution in [-0.4, -0.2) is 34.0 Å². The molecular weight excluding hydrogens is 252 g/mol. The van der Waals surface area contributed by atoms with Crippen LogP contribution in [0.15, 0.2) is 6.33 Å². The minimum absolute atomic E-state index is 0.289. The number of hydrogen-bond acceptors (Lipinski definition) is 4. The third kappa shape index (κ3) is 1.99. The van der Waals surface area contributed by atoms with Crippen molar-refractivity contribution in [1.29, 1.82) is 0 Å². The van der Waals surface area contributed by atoms with Gasteiger partial charge in [-0.25, -0.2) is 9.67 Å². The zero-order valence-corrected chi connectivity index (χ0v) is 12.8. The van der Waals surface area contributed by atoms with E-state index in [1.807, 2.05) is 11.8 Å². The molecule has 1 aliphatic heterocycles. The Balaban J connectivity index is 1.73. The quantitative estimate of drug-likeness (QED) is 0.898. The number of nitrogens with one attached hydrogen (secondary N) is 1. The Labute approximate surface area is 121 Å². The van der Waals surface area contributed by atoms with Gasteiger partial charge in [-0.2, -0.15) is 5.10 Å². The second-order valence-electron chi connectivity index (χ2n) is 6.16. The van der Waals surface area contributed by atoms with Gasteiger partial charge in [0.2, 0.25) is 0 Å². The van der Waals surface area contributed by atoms with Gasteiger partial charge in [0.25, 0.3) is 0 Å². The second-order valence-corrected chi connectivity index (χ2v) is 6.16. The molecule has 1 N–H and O–H groups in total. The first kappa shape index (κ1) is 14.0. The molecule has 0 radical (unpaired) electrons. The van der Waals surface area contributed by atoms with E-state index in [4.69, 9.17) is 4.74 Å². The average molecular weight is 278 g/mol. The molecule has 0 amide bonds. The molecular formula is C15H26N4O. The van der Waals surface area contributed by atoms with Crippen molar-refractivity contribution in [3.63, 3.8) is 0 Å². The molecule has 112 valence electrons. The van der Waals surface area contributed by atoms with Crippen LogP contribution in [0.25, 0.3) is 0 Å². The standard InChI is InChI=1S/C15H26N4O/c1-4-15(5-2)12(9-13(15)20-3)18-11-7-6-8-19-14(11)16-10-17-19/h10-13,18H,4-9H2,1-3H3/t11-,12+,13+/m0/s1. The lowest BCUT2D eigenvalue weighted by Gasteiger charge is -2.56. The monoisotopic (exact) mass is 278 g/mol. The molecule has 2 aliphatic rings. The summed E-state index contributed by atoms with van der Waals surface area (Å²) in [5.41, 5.74) is 0.289. The Morgan fingerprint density at radius 3 is 2.95 bits per heavy atom. The van der Waals surface area contributed by atoms with Crippen molar-refractivity contribution >= 4 is 0 Å². The lowest BCUT2D eigenvalue weighted by Crippen LogP contribution is -2.63. The zero-order valence-electron chi connectivity index (χ0n) is 12.8. The molecule has 0 spiro atoms. The molecule has 0 aromatic carbocycles. The molecule has 5 nitrogen and oxygen atoms in total. The maximum atomic E-state index is 5.68. The van der Waals surface area contributed by atoms with Crippen molar-refractivity contribution in [2.24, 2.45) is 5.41 Å². The maximum absolute atomic E-state index is 5.68. The van der Waals surface area contributed by atoms with Gasteiger partial charge >= 0.3 is 0 Å². The smallest absolute Gasteiger partial charge is 0.143 e. The first-order valence-electron chi connectivity index (χ1n) is 7.91. The average Bonchev–Trinajstić information content (AvgIpc) is 2.93. The highest BCUT2D eigenvalue weighted by Gasteiger charge is 2.53. The molecule has 3 rings (SSSR count). The highest BCUT2D eigenvalue weighted by Crippen LogP contribution is 2.49. The van der Waals surface area contributed by atoms with Gasteiger partial charge in [-0.05, 0) is 32.1 Å². The SMILES string of the molecule is CCC1(CC)[C@H](N[C@H]2CCCn3ncnc32)C[C@H]1OC. The summed E-state index contributed by atoms with van der Waals surface area (Å²) >= 11 is 0. The molecule has 1 fully saturated rings. The summed E-state index contributed by atoms with van der Waals surface area (Å²) in [7, 11) is 1.85. The van der Waals surface area contributed by atoms with E-state index in [-0.39, 0.29) is 5.41 Å². The van der Waals surface area contributed by atoms with E-state index in [0.29, 0.717) is 18.2 Å². The number of nitrogens with zero attached hydrogens (tertiary/aromatic N) is 3. The van der Waals surface area contributed by atoms with Crippen molar-refractivity contribution in [3.05, 3.63) is 12.2 Å². The molecule has 0 bridgehead atoms. The summed E-state index contributed by atoms with van der Waals surface area (Å²) in [6.07, 6.45) is 7.87. The fraction of sp³-hybridized carbons (Fsp3) is 0.867. The Bertz CT molecular complexity index is 454. The zero-order chi connectivity index (χ0) is 14.2. The van der Waals surface area contributed by atoms with Gasteiger partial charge in [0, 0.05) is 25.1 Å². The van der Waals surface area contributed by atoms with Gasteiger partial charge in [-0.15, -0.1) is 0 Å². The lowest BCUT2D eigenvalue weighted by atomic mass is 9.58. The summed E-state index contributed by atoms with van der Waals surface area (Å²) in [6.45, 7) is 5.57. The van der Waals surface area contributed by atoms with Crippen molar-refractivity contribution in [2.75, 3.05) is 7.11 Å². The minimum atomic E-state index is 0.289. The lowest BCUT2D eigenvalue weighted by molar-refractivity contribution is -0.127. The van der Waals surface area contributed by atoms with Gasteiger partial charge in [0.15, 0.2) is 0 Å². The van der Waals surface area contributed by atoms with Gasteiger partial charge < -0.3 is 10.1 Å². The molecule has 0 saturated heterocycles. The molecule has 2 heterocycles. The van der Waals surface area contributed by atoms with Crippen LogP contribution in [0.5, 0.6) is 0 Å². The number of rotatable bonds is 5. The molecule has 0 unspecified atom stereocenters. The number of aryl methyl sites for hydroxylation is 1. The van der Waals surface area contributed by atoms with Crippen LogP contribution < -0.4 is 5.32 Å². The molecule has 1 aromatic rings. The van der Waals surface area contributed by atoms with Crippen molar-refractivity contribution in [3.8, 4) is 0 Å². The molecule has 3 atom stereocenters. The topological polar surface area (TPSA) is 52.0 Å². The summed E-state index contributed by atoms with van der Waals surface area (Å²) < 4.78 is 7.73. The van der Waals surface area contributed by atoms with Gasteiger partial charge in [0.1, 0.15) is 12.2 Å². The van der Waals surface area contributed by atoms with Crippen molar-refractivity contribution < 1.29 is 4.74 Å². The minimum Gasteiger partial charge on any atom is -0.381 e. The predicted octanol–water partition coefficient (Wildman–Crippen LogP) is 2.30. The van der Waals surface area contributed by atoms with Gasteiger partial charge in [-0.1, -0.05) is 13.8 Å². The first-order chi connectivity index (χ1) is 9.75. The normalized spacial score (nSPS) is 31.6. The number of hydrogen-bond donors (Lipinski definition) is 1. The highest BCUT2D eigenvalue weighted by atomic mass is 16.5. The van der Waals surface area contributed by atoms with E-state index in [0.717, 1.165) is 25.2 Å². The Morgan fingerprint density at radius 2 is 2.25 bits per heavy atom. The van der Waals surface area contributed by atoms with E-state index in [9.17, 15) is 0 Å². The van der Waals surface area contributed by atoms with Gasteiger partial charge in [0.05, 0.1) is 12.1 Å². The summed E-state index contributed by atoms with van der Waals surface area (Å²) in [5.74, 6) is 1.11. The van der Waals surface area contributed by atoms with Crippen molar-refractivity contribution in [1.82, 2.24) is 20.1 Å². The van der Waals surface area contributed by atoms with Crippen LogP contribution >= 0.6 is 0 Å². The van der Waals surface area contributed by atoms with Gasteiger partial charge in [-0.3, -0.25) is 0 Å². The number of aromatic nitrogens is 3. The van der Waals surface area contributed by atoms with Crippen LogP contribution in [0.4, 0.5) is 0 Å². The van der Waals surface area contributed by atoms with E-state index < -0.39 is 0 Å². The highest BCUT2D eigenvalue weighted by molar-refractivity contribution is 5.09. The van der Waals surface area contributed by atoms with E-state index in [1.165, 1.54) is 19.3 Å². The number of fused-ring (bicyclic) bond motifs is 1. The van der Waals surface area contributed by atoms with Crippen LogP contribution in [-0.2, 0) is 11.3 Å². The molecule has 1 saturated carbocycles. The summed E-state index contributed by atoms with van der Waals surface area (Å²) in [4.78, 5) is 4.45. The first-order valence-corrected chi connectivity index (χ1v) is 7.91. The summed E-state index contributed by atoms with van der Waals surface area (Å²) in [5, 5.41) is 8.16. The van der Waals surface area contributed by atoms with Crippen molar-refractivity contribution in [2.45, 2.75) is 70.7 Å². The molecule has 1 aromatic heterocycles. The fourth-order valence-corrected chi connectivity index (χ4v) is 4.20. The number of methoxy groups -OCH3 is 1. The Hall–Kier alpha value is -0.940. The van der Waals surface area contributed by atoms with Crippen LogP contribution in [0.1, 0.15) is 57.8 Å². The second kappa shape index (κ2) is 5.45. The van der Waals surface area contributed by atoms with Crippen LogP contribution in [0.3, 0.4) is 0 Å². The van der Waals surface area contributed by atoms with Crippen LogP contribution in [0.2, 0.25) is 0 Å². The number of ether oxygens (including phenoxy) is 1. The third-order valence-electron chi connectivity index (χ3n) is 5.61. The van der Waals surface area contributed by atoms with E-state index in [2.05, 4.69) is 29.2 Å². The largest absolute Gasteiger partial charge is 0.381 e.